The van der Waals surface area contributed by atoms with E-state index in [1.165, 1.54) is 22.3 Å². The zero-order valence-electron chi connectivity index (χ0n) is 12.2. The van der Waals surface area contributed by atoms with Gasteiger partial charge < -0.3 is 10.8 Å². The highest BCUT2D eigenvalue weighted by Gasteiger charge is 2.04. The maximum Gasteiger partial charge on any atom is 0.300 e. The lowest BCUT2D eigenvalue weighted by molar-refractivity contribution is -0.134. The highest BCUT2D eigenvalue weighted by Crippen LogP contribution is 2.21. The molecule has 2 aromatic rings. The van der Waals surface area contributed by atoms with Gasteiger partial charge in [0.1, 0.15) is 0 Å². The van der Waals surface area contributed by atoms with Crippen LogP contribution in [0, 0.1) is 13.8 Å². The summed E-state index contributed by atoms with van der Waals surface area (Å²) in [7, 11) is 0. The number of nitrogens with two attached hydrogens (primary N) is 1. The van der Waals surface area contributed by atoms with E-state index in [1.54, 1.807) is 0 Å². The van der Waals surface area contributed by atoms with Gasteiger partial charge in [0, 0.05) is 12.6 Å². The molecular formula is C17H21NO2. The van der Waals surface area contributed by atoms with Crippen molar-refractivity contribution in [3.8, 4) is 0 Å². The van der Waals surface area contributed by atoms with Crippen molar-refractivity contribution in [2.24, 2.45) is 0 Å². The molecule has 0 aliphatic heterocycles. The van der Waals surface area contributed by atoms with Crippen molar-refractivity contribution in [1.82, 2.24) is 0 Å². The third-order valence-electron chi connectivity index (χ3n) is 3.18. The number of anilines is 1. The number of aliphatic carboxylic acids is 1. The Morgan fingerprint density at radius 3 is 2.15 bits per heavy atom. The highest BCUT2D eigenvalue weighted by molar-refractivity contribution is 5.63. The van der Waals surface area contributed by atoms with Gasteiger partial charge in [0.2, 0.25) is 0 Å². The normalized spacial score (nSPS) is 9.55. The van der Waals surface area contributed by atoms with Gasteiger partial charge in [-0.3, -0.25) is 4.79 Å². The van der Waals surface area contributed by atoms with Crippen molar-refractivity contribution < 1.29 is 9.90 Å². The van der Waals surface area contributed by atoms with Crippen LogP contribution >= 0.6 is 0 Å². The van der Waals surface area contributed by atoms with E-state index < -0.39 is 5.97 Å². The summed E-state index contributed by atoms with van der Waals surface area (Å²) < 4.78 is 0. The van der Waals surface area contributed by atoms with Crippen LogP contribution in [-0.2, 0) is 11.2 Å². The molecule has 0 atom stereocenters. The predicted octanol–water partition coefficient (Wildman–Crippen LogP) is 3.57. The average Bonchev–Trinajstić information content (AvgIpc) is 2.40. The molecule has 0 saturated heterocycles. The van der Waals surface area contributed by atoms with Gasteiger partial charge in [0.05, 0.1) is 0 Å². The fourth-order valence-electron chi connectivity index (χ4n) is 1.90. The molecule has 106 valence electrons. The van der Waals surface area contributed by atoms with Crippen LogP contribution in [0.25, 0.3) is 0 Å². The van der Waals surface area contributed by atoms with Gasteiger partial charge in [-0.15, -0.1) is 0 Å². The van der Waals surface area contributed by atoms with Gasteiger partial charge in [-0.25, -0.2) is 0 Å². The van der Waals surface area contributed by atoms with Crippen LogP contribution in [0.2, 0.25) is 0 Å². The van der Waals surface area contributed by atoms with Crippen molar-refractivity contribution in [3.05, 3.63) is 64.7 Å². The second kappa shape index (κ2) is 7.34. The molecule has 0 aliphatic rings. The van der Waals surface area contributed by atoms with Crippen LogP contribution < -0.4 is 5.73 Å². The Hall–Kier alpha value is -2.29. The van der Waals surface area contributed by atoms with E-state index in [2.05, 4.69) is 44.2 Å². The number of nitrogen functional groups attached to an aromatic ring is 1. The maximum absolute atomic E-state index is 9.00. The topological polar surface area (TPSA) is 63.3 Å². The Morgan fingerprint density at radius 2 is 1.60 bits per heavy atom. The number of hydrogen-bond acceptors (Lipinski definition) is 2. The molecule has 3 N–H and O–H groups in total. The molecule has 0 saturated carbocycles. The number of rotatable bonds is 2. The third kappa shape index (κ3) is 4.76. The standard InChI is InChI=1S/C15H17N.C2H4O2/c1-11-12(2)15(16)9-8-14(11)10-13-6-4-3-5-7-13;1-2(3)4/h3-9H,10,16H2,1-2H3;1H3,(H,3,4). The maximum atomic E-state index is 9.00. The van der Waals surface area contributed by atoms with E-state index in [4.69, 9.17) is 15.6 Å². The third-order valence-corrected chi connectivity index (χ3v) is 3.18. The summed E-state index contributed by atoms with van der Waals surface area (Å²) in [6.07, 6.45) is 0.980. The minimum Gasteiger partial charge on any atom is -0.481 e. The quantitative estimate of drug-likeness (QED) is 0.821. The van der Waals surface area contributed by atoms with Gasteiger partial charge >= 0.3 is 0 Å². The largest absolute Gasteiger partial charge is 0.481 e. The second-order valence-corrected chi connectivity index (χ2v) is 4.75. The fraction of sp³-hybridized carbons (Fsp3) is 0.235. The van der Waals surface area contributed by atoms with E-state index in [9.17, 15) is 0 Å². The molecule has 2 rings (SSSR count). The zero-order valence-corrected chi connectivity index (χ0v) is 12.2. The van der Waals surface area contributed by atoms with E-state index in [1.807, 2.05) is 12.1 Å². The summed E-state index contributed by atoms with van der Waals surface area (Å²) in [4.78, 5) is 9.00. The number of carboxylic acid groups (broad SMARTS) is 1. The lowest BCUT2D eigenvalue weighted by atomic mass is 9.96. The molecule has 2 aromatic carbocycles. The van der Waals surface area contributed by atoms with Crippen LogP contribution in [0.4, 0.5) is 5.69 Å². The first-order chi connectivity index (χ1) is 9.41. The second-order valence-electron chi connectivity index (χ2n) is 4.75. The molecule has 0 aliphatic carbocycles. The molecular weight excluding hydrogens is 250 g/mol. The summed E-state index contributed by atoms with van der Waals surface area (Å²) in [5.41, 5.74) is 12.0. The number of hydrogen-bond donors (Lipinski definition) is 2. The van der Waals surface area contributed by atoms with Gasteiger partial charge in [-0.05, 0) is 48.6 Å². The molecule has 20 heavy (non-hydrogen) atoms. The molecule has 3 nitrogen and oxygen atoms in total. The van der Waals surface area contributed by atoms with Crippen molar-refractivity contribution in [3.63, 3.8) is 0 Å². The molecule has 0 bridgehead atoms. The lowest BCUT2D eigenvalue weighted by Gasteiger charge is -2.11. The van der Waals surface area contributed by atoms with Gasteiger partial charge in [-0.1, -0.05) is 36.4 Å². The summed E-state index contributed by atoms with van der Waals surface area (Å²) in [5, 5.41) is 7.42. The SMILES string of the molecule is CC(=O)O.Cc1c(N)ccc(Cc2ccccc2)c1C. The summed E-state index contributed by atoms with van der Waals surface area (Å²) in [6, 6.07) is 14.6. The van der Waals surface area contributed by atoms with E-state index in [0.29, 0.717) is 0 Å². The van der Waals surface area contributed by atoms with Gasteiger partial charge in [0.25, 0.3) is 5.97 Å². The monoisotopic (exact) mass is 271 g/mol. The number of carboxylic acids is 1. The van der Waals surface area contributed by atoms with Crippen LogP contribution in [-0.4, -0.2) is 11.1 Å². The van der Waals surface area contributed by atoms with E-state index in [-0.39, 0.29) is 0 Å². The fourth-order valence-corrected chi connectivity index (χ4v) is 1.90. The van der Waals surface area contributed by atoms with Crippen LogP contribution in [0.3, 0.4) is 0 Å². The average molecular weight is 271 g/mol. The van der Waals surface area contributed by atoms with Gasteiger partial charge in [-0.2, -0.15) is 0 Å². The first-order valence-electron chi connectivity index (χ1n) is 6.49. The Labute approximate surface area is 120 Å². The highest BCUT2D eigenvalue weighted by atomic mass is 16.4. The molecule has 0 radical (unpaired) electrons. The predicted molar refractivity (Wildman–Crippen MR) is 82.9 cm³/mol. The summed E-state index contributed by atoms with van der Waals surface area (Å²) in [5.74, 6) is -0.833. The smallest absolute Gasteiger partial charge is 0.300 e. The minimum absolute atomic E-state index is 0.833. The first kappa shape index (κ1) is 15.8. The Kier molecular flexibility index (Phi) is 5.78. The number of benzene rings is 2. The van der Waals surface area contributed by atoms with Crippen molar-refractivity contribution in [1.29, 1.82) is 0 Å². The van der Waals surface area contributed by atoms with Gasteiger partial charge in [0.15, 0.2) is 0 Å². The molecule has 3 heteroatoms. The Bertz CT molecular complexity index is 573. The molecule has 0 aromatic heterocycles. The van der Waals surface area contributed by atoms with Crippen LogP contribution in [0.1, 0.15) is 29.2 Å². The molecule has 0 fully saturated rings. The molecule has 0 spiro atoms. The molecule has 0 unspecified atom stereocenters. The first-order valence-corrected chi connectivity index (χ1v) is 6.49. The Balaban J connectivity index is 0.000000444. The minimum atomic E-state index is -0.833. The van der Waals surface area contributed by atoms with E-state index >= 15 is 0 Å². The summed E-state index contributed by atoms with van der Waals surface area (Å²) >= 11 is 0. The van der Waals surface area contributed by atoms with E-state index in [0.717, 1.165) is 19.0 Å². The zero-order chi connectivity index (χ0) is 15.1. The number of carbonyl (C=O) groups is 1. The Morgan fingerprint density at radius 1 is 1.05 bits per heavy atom. The van der Waals surface area contributed by atoms with Crippen LogP contribution in [0.15, 0.2) is 42.5 Å². The van der Waals surface area contributed by atoms with Crippen LogP contribution in [0.5, 0.6) is 0 Å². The van der Waals surface area contributed by atoms with Crippen molar-refractivity contribution in [2.75, 3.05) is 5.73 Å². The lowest BCUT2D eigenvalue weighted by Crippen LogP contribution is -1.98. The molecule has 0 amide bonds. The van der Waals surface area contributed by atoms with Crippen molar-refractivity contribution in [2.45, 2.75) is 27.2 Å². The van der Waals surface area contributed by atoms with Crippen molar-refractivity contribution >= 4 is 11.7 Å². The molecule has 0 heterocycles. The summed E-state index contributed by atoms with van der Waals surface area (Å²) in [6.45, 7) is 5.31.